The van der Waals surface area contributed by atoms with Crippen molar-refractivity contribution in [2.75, 3.05) is 30.4 Å². The van der Waals surface area contributed by atoms with Crippen LogP contribution in [0.1, 0.15) is 38.8 Å². The Morgan fingerprint density at radius 2 is 1.89 bits per heavy atom. The second-order valence-corrected chi connectivity index (χ2v) is 10.6. The smallest absolute Gasteiger partial charge is 0.294 e. The third kappa shape index (κ3) is 5.01. The quantitative estimate of drug-likeness (QED) is 0.463. The van der Waals surface area contributed by atoms with Crippen molar-refractivity contribution in [3.05, 3.63) is 63.5 Å². The van der Waals surface area contributed by atoms with Gasteiger partial charge in [-0.1, -0.05) is 17.7 Å². The molecule has 4 rings (SSSR count). The molecular weight excluding hydrogens is 498 g/mol. The molecule has 0 atom stereocenters. The summed E-state index contributed by atoms with van der Waals surface area (Å²) in [7, 11) is 1.55. The number of allylic oxidation sites excluding steroid dienone is 1. The summed E-state index contributed by atoms with van der Waals surface area (Å²) < 4.78 is 5.10. The van der Waals surface area contributed by atoms with E-state index in [2.05, 4.69) is 44.0 Å². The van der Waals surface area contributed by atoms with E-state index in [0.717, 1.165) is 40.0 Å². The number of rotatable bonds is 6. The van der Waals surface area contributed by atoms with Gasteiger partial charge in [-0.05, 0) is 93.1 Å². The molecule has 0 unspecified atom stereocenters. The van der Waals surface area contributed by atoms with Gasteiger partial charge in [-0.25, -0.2) is 0 Å². The molecule has 2 aliphatic heterocycles. The zero-order chi connectivity index (χ0) is 26.2. The maximum absolute atomic E-state index is 13.0. The van der Waals surface area contributed by atoms with Gasteiger partial charge < -0.3 is 15.0 Å². The number of carbonyl (C=O) groups is 3. The van der Waals surface area contributed by atoms with Gasteiger partial charge in [0.2, 0.25) is 5.91 Å². The van der Waals surface area contributed by atoms with Crippen LogP contribution in [-0.4, -0.2) is 47.7 Å². The van der Waals surface area contributed by atoms with Crippen molar-refractivity contribution in [2.24, 2.45) is 0 Å². The summed E-state index contributed by atoms with van der Waals surface area (Å²) in [6.45, 7) is 8.91. The normalized spacial score (nSPS) is 17.8. The highest BCUT2D eigenvalue weighted by molar-refractivity contribution is 8.18. The predicted octanol–water partition coefficient (Wildman–Crippen LogP) is 6.05. The molecule has 9 heteroatoms. The minimum Gasteiger partial charge on any atom is -0.497 e. The first-order valence-electron chi connectivity index (χ1n) is 11.5. The maximum Gasteiger partial charge on any atom is 0.294 e. The highest BCUT2D eigenvalue weighted by Crippen LogP contribution is 2.42. The number of nitrogens with zero attached hydrogens (tertiary/aromatic N) is 2. The number of ether oxygens (including phenoxy) is 1. The molecule has 2 aliphatic rings. The van der Waals surface area contributed by atoms with Crippen molar-refractivity contribution in [3.8, 4) is 5.75 Å². The number of benzene rings is 2. The minimum absolute atomic E-state index is 0.147. The Kier molecular flexibility index (Phi) is 7.20. The van der Waals surface area contributed by atoms with Crippen LogP contribution in [0.2, 0.25) is 5.02 Å². The summed E-state index contributed by atoms with van der Waals surface area (Å²) in [5, 5.41) is 2.68. The number of halogens is 1. The first-order chi connectivity index (χ1) is 17.0. The summed E-state index contributed by atoms with van der Waals surface area (Å²) in [6.07, 6.45) is 3.84. The first-order valence-corrected chi connectivity index (χ1v) is 12.7. The van der Waals surface area contributed by atoms with E-state index in [1.165, 1.54) is 0 Å². The van der Waals surface area contributed by atoms with E-state index in [4.69, 9.17) is 16.3 Å². The third-order valence-corrected chi connectivity index (χ3v) is 7.48. The summed E-state index contributed by atoms with van der Waals surface area (Å²) in [5.74, 6) is -0.340. The first kappa shape index (κ1) is 25.9. The summed E-state index contributed by atoms with van der Waals surface area (Å²) in [6, 6.07) is 10.6. The van der Waals surface area contributed by atoms with Gasteiger partial charge in [0.1, 0.15) is 12.3 Å². The molecule has 1 saturated heterocycles. The Morgan fingerprint density at radius 3 is 2.53 bits per heavy atom. The van der Waals surface area contributed by atoms with E-state index in [-0.39, 0.29) is 17.0 Å². The number of likely N-dealkylation sites (N-methyl/N-ethyl adjacent to an activating group) is 1. The molecule has 0 bridgehead atoms. The molecule has 0 aromatic heterocycles. The molecule has 1 N–H and O–H groups in total. The molecule has 0 aliphatic carbocycles. The van der Waals surface area contributed by atoms with Crippen molar-refractivity contribution >= 4 is 63.4 Å². The SMILES string of the molecule is CCN1c2cc(Cl)c(/C=C3/SC(=O)N(CC(=O)Nc4ccc(OC)cc4)C3=O)cc2C(C)=CC1(C)C. The zero-order valence-electron chi connectivity index (χ0n) is 20.8. The summed E-state index contributed by atoms with van der Waals surface area (Å²) >= 11 is 7.44. The largest absolute Gasteiger partial charge is 0.497 e. The van der Waals surface area contributed by atoms with E-state index in [1.807, 2.05) is 12.1 Å². The molecule has 1 fully saturated rings. The lowest BCUT2D eigenvalue weighted by atomic mass is 9.88. The van der Waals surface area contributed by atoms with Gasteiger partial charge in [0, 0.05) is 28.5 Å². The fourth-order valence-corrected chi connectivity index (χ4v) is 5.64. The van der Waals surface area contributed by atoms with Crippen molar-refractivity contribution in [1.29, 1.82) is 0 Å². The lowest BCUT2D eigenvalue weighted by Crippen LogP contribution is -2.44. The monoisotopic (exact) mass is 525 g/mol. The van der Waals surface area contributed by atoms with Crippen LogP contribution in [0.15, 0.2) is 47.4 Å². The molecule has 188 valence electrons. The van der Waals surface area contributed by atoms with Gasteiger partial charge in [-0.2, -0.15) is 0 Å². The van der Waals surface area contributed by atoms with Gasteiger partial charge in [-0.15, -0.1) is 0 Å². The third-order valence-electron chi connectivity index (χ3n) is 6.25. The maximum atomic E-state index is 13.0. The second kappa shape index (κ2) is 10.0. The second-order valence-electron chi connectivity index (χ2n) is 9.16. The average molecular weight is 526 g/mol. The highest BCUT2D eigenvalue weighted by Gasteiger charge is 2.37. The van der Waals surface area contributed by atoms with E-state index >= 15 is 0 Å². The number of nitrogens with one attached hydrogen (secondary N) is 1. The van der Waals surface area contributed by atoms with Gasteiger partial charge in [-0.3, -0.25) is 19.3 Å². The molecule has 2 aromatic rings. The van der Waals surface area contributed by atoms with Crippen molar-refractivity contribution in [1.82, 2.24) is 4.90 Å². The number of anilines is 2. The number of fused-ring (bicyclic) bond motifs is 1. The molecule has 36 heavy (non-hydrogen) atoms. The molecule has 7 nitrogen and oxygen atoms in total. The topological polar surface area (TPSA) is 79.0 Å². The Hall–Kier alpha value is -3.23. The molecular formula is C27H28ClN3O4S. The standard InChI is InChI=1S/C27H28ClN3O4S/c1-6-31-22-13-21(28)17(11-20(22)16(2)14-27(31,3)4)12-23-25(33)30(26(34)36-23)15-24(32)29-18-7-9-19(35-5)10-8-18/h7-14H,6,15H2,1-5H3,(H,29,32)/b23-12+. The van der Waals surface area contributed by atoms with Crippen LogP contribution in [0.25, 0.3) is 11.6 Å². The van der Waals surface area contributed by atoms with Crippen LogP contribution in [0.3, 0.4) is 0 Å². The summed E-state index contributed by atoms with van der Waals surface area (Å²) in [4.78, 5) is 41.5. The molecule has 2 heterocycles. The van der Waals surface area contributed by atoms with Crippen LogP contribution in [0, 0.1) is 0 Å². The minimum atomic E-state index is -0.521. The zero-order valence-corrected chi connectivity index (χ0v) is 22.4. The van der Waals surface area contributed by atoms with Gasteiger partial charge in [0.05, 0.1) is 17.6 Å². The van der Waals surface area contributed by atoms with Crippen molar-refractivity contribution in [2.45, 2.75) is 33.2 Å². The Morgan fingerprint density at radius 1 is 1.19 bits per heavy atom. The fraction of sp³-hybridized carbons (Fsp3) is 0.296. The van der Waals surface area contributed by atoms with E-state index < -0.39 is 17.1 Å². The number of hydrogen-bond acceptors (Lipinski definition) is 6. The van der Waals surface area contributed by atoms with Gasteiger partial charge >= 0.3 is 0 Å². The number of methoxy groups -OCH3 is 1. The van der Waals surface area contributed by atoms with Crippen LogP contribution in [0.4, 0.5) is 16.2 Å². The number of imide groups is 1. The lowest BCUT2D eigenvalue weighted by Gasteiger charge is -2.43. The Balaban J connectivity index is 1.54. The van der Waals surface area contributed by atoms with E-state index in [1.54, 1.807) is 37.5 Å². The van der Waals surface area contributed by atoms with Gasteiger partial charge in [0.15, 0.2) is 0 Å². The fourth-order valence-electron chi connectivity index (χ4n) is 4.60. The van der Waals surface area contributed by atoms with Gasteiger partial charge in [0.25, 0.3) is 11.1 Å². The number of thioether (sulfide) groups is 1. The van der Waals surface area contributed by atoms with Crippen LogP contribution in [-0.2, 0) is 9.59 Å². The molecule has 2 aromatic carbocycles. The Bertz CT molecular complexity index is 1300. The van der Waals surface area contributed by atoms with E-state index in [0.29, 0.717) is 22.0 Å². The van der Waals surface area contributed by atoms with Crippen molar-refractivity contribution in [3.63, 3.8) is 0 Å². The van der Waals surface area contributed by atoms with Crippen LogP contribution < -0.4 is 15.0 Å². The summed E-state index contributed by atoms with van der Waals surface area (Å²) in [5.41, 5.74) is 4.22. The highest BCUT2D eigenvalue weighted by atomic mass is 35.5. The Labute approximate surface area is 220 Å². The van der Waals surface area contributed by atoms with Crippen LogP contribution in [0.5, 0.6) is 5.75 Å². The predicted molar refractivity (Wildman–Crippen MR) is 147 cm³/mol. The lowest BCUT2D eigenvalue weighted by molar-refractivity contribution is -0.127. The van der Waals surface area contributed by atoms with Crippen molar-refractivity contribution < 1.29 is 19.1 Å². The molecule has 3 amide bonds. The van der Waals surface area contributed by atoms with E-state index in [9.17, 15) is 14.4 Å². The van der Waals surface area contributed by atoms with Crippen LogP contribution >= 0.6 is 23.4 Å². The molecule has 0 spiro atoms. The molecule has 0 radical (unpaired) electrons. The molecule has 0 saturated carbocycles. The number of amides is 3. The number of carbonyl (C=O) groups excluding carboxylic acids is 3. The number of hydrogen-bond donors (Lipinski definition) is 1. The average Bonchev–Trinajstić information content (AvgIpc) is 3.07.